The van der Waals surface area contributed by atoms with E-state index in [0.29, 0.717) is 5.92 Å². The zero-order chi connectivity index (χ0) is 22.3. The molecule has 0 heterocycles. The summed E-state index contributed by atoms with van der Waals surface area (Å²) in [5.41, 5.74) is 0.534. The molecule has 2 N–H and O–H groups in total. The molecule has 0 spiro atoms. The van der Waals surface area contributed by atoms with E-state index in [-0.39, 0.29) is 25.0 Å². The van der Waals surface area contributed by atoms with Crippen molar-refractivity contribution in [3.05, 3.63) is 65.5 Å². The summed E-state index contributed by atoms with van der Waals surface area (Å²) in [7, 11) is 1.56. The van der Waals surface area contributed by atoms with Crippen molar-refractivity contribution in [2.75, 3.05) is 25.5 Å². The van der Waals surface area contributed by atoms with Crippen LogP contribution in [-0.2, 0) is 9.59 Å². The van der Waals surface area contributed by atoms with Gasteiger partial charge in [-0.15, -0.1) is 0 Å². The van der Waals surface area contributed by atoms with Gasteiger partial charge in [-0.3, -0.25) is 14.5 Å². The summed E-state index contributed by atoms with van der Waals surface area (Å²) < 4.78 is 39.9. The van der Waals surface area contributed by atoms with Gasteiger partial charge in [-0.1, -0.05) is 44.2 Å². The summed E-state index contributed by atoms with van der Waals surface area (Å²) in [5, 5.41) is 5.16. The lowest BCUT2D eigenvalue weighted by Gasteiger charge is -2.23. The van der Waals surface area contributed by atoms with Gasteiger partial charge in [0, 0.05) is 0 Å². The first-order chi connectivity index (χ1) is 14.2. The summed E-state index contributed by atoms with van der Waals surface area (Å²) in [4.78, 5) is 26.0. The summed E-state index contributed by atoms with van der Waals surface area (Å²) in [6, 6.07) is 11.1. The fourth-order valence-electron chi connectivity index (χ4n) is 3.03. The van der Waals surface area contributed by atoms with Crippen LogP contribution in [0.2, 0.25) is 0 Å². The molecule has 2 aromatic rings. The lowest BCUT2D eigenvalue weighted by molar-refractivity contribution is -0.123. The number of hydrogen-bond acceptors (Lipinski definition) is 3. The average molecular weight is 421 g/mol. The highest BCUT2D eigenvalue weighted by molar-refractivity contribution is 5.92. The second-order valence-electron chi connectivity index (χ2n) is 7.60. The van der Waals surface area contributed by atoms with Crippen LogP contribution >= 0.6 is 0 Å². The predicted molar refractivity (Wildman–Crippen MR) is 109 cm³/mol. The number of amides is 2. The largest absolute Gasteiger partial charge is 0.348 e. The van der Waals surface area contributed by atoms with Crippen molar-refractivity contribution in [2.45, 2.75) is 26.3 Å². The smallest absolute Gasteiger partial charge is 0.238 e. The summed E-state index contributed by atoms with van der Waals surface area (Å²) in [6.45, 7) is 3.84. The standard InChI is InChI=1S/C22H26F3N3O2/c1-14(2)11-18(15-7-5-4-6-8-15)27-20(30)13-28(3)12-19(29)26-17-10-9-16(23)21(24)22(17)25/h4-10,14,18H,11-13H2,1-3H3,(H,26,29)(H,27,30)/t18-/m0/s1. The molecular weight excluding hydrogens is 395 g/mol. The summed E-state index contributed by atoms with van der Waals surface area (Å²) >= 11 is 0. The van der Waals surface area contributed by atoms with E-state index in [1.807, 2.05) is 30.3 Å². The van der Waals surface area contributed by atoms with Gasteiger partial charge in [0.25, 0.3) is 0 Å². The van der Waals surface area contributed by atoms with Crippen LogP contribution in [-0.4, -0.2) is 36.9 Å². The van der Waals surface area contributed by atoms with E-state index in [1.54, 1.807) is 7.05 Å². The Bertz CT molecular complexity index is 875. The molecule has 0 aromatic heterocycles. The Kier molecular flexibility index (Phi) is 8.41. The zero-order valence-electron chi connectivity index (χ0n) is 17.2. The topological polar surface area (TPSA) is 61.4 Å². The van der Waals surface area contributed by atoms with Gasteiger partial charge in [-0.2, -0.15) is 0 Å². The molecule has 0 radical (unpaired) electrons. The van der Waals surface area contributed by atoms with Gasteiger partial charge in [0.15, 0.2) is 17.5 Å². The molecule has 2 aromatic carbocycles. The molecule has 2 rings (SSSR count). The Morgan fingerprint density at radius 3 is 2.20 bits per heavy atom. The molecular formula is C22H26F3N3O2. The van der Waals surface area contributed by atoms with Crippen LogP contribution in [0, 0.1) is 23.4 Å². The van der Waals surface area contributed by atoms with Crippen molar-refractivity contribution < 1.29 is 22.8 Å². The van der Waals surface area contributed by atoms with Crippen LogP contribution in [0.4, 0.5) is 18.9 Å². The molecule has 1 atom stereocenters. The van der Waals surface area contributed by atoms with E-state index in [9.17, 15) is 22.8 Å². The zero-order valence-corrected chi connectivity index (χ0v) is 17.2. The minimum atomic E-state index is -1.65. The third kappa shape index (κ3) is 6.88. The Balaban J connectivity index is 1.91. The number of likely N-dealkylation sites (N-methyl/N-ethyl adjacent to an activating group) is 1. The minimum absolute atomic E-state index is 0.0604. The second kappa shape index (κ2) is 10.8. The van der Waals surface area contributed by atoms with Crippen molar-refractivity contribution in [2.24, 2.45) is 5.92 Å². The number of halogens is 3. The van der Waals surface area contributed by atoms with Crippen molar-refractivity contribution in [3.63, 3.8) is 0 Å². The predicted octanol–water partition coefficient (Wildman–Crippen LogP) is 3.88. The maximum atomic E-state index is 13.7. The summed E-state index contributed by atoms with van der Waals surface area (Å²) in [6.07, 6.45) is 0.759. The molecule has 8 heteroatoms. The molecule has 0 saturated heterocycles. The normalized spacial score (nSPS) is 12.1. The van der Waals surface area contributed by atoms with Gasteiger partial charge in [-0.05, 0) is 37.1 Å². The minimum Gasteiger partial charge on any atom is -0.348 e. The fraction of sp³-hybridized carbons (Fsp3) is 0.364. The van der Waals surface area contributed by atoms with Crippen molar-refractivity contribution >= 4 is 17.5 Å². The van der Waals surface area contributed by atoms with Crippen molar-refractivity contribution in [1.82, 2.24) is 10.2 Å². The van der Waals surface area contributed by atoms with E-state index < -0.39 is 29.0 Å². The van der Waals surface area contributed by atoms with Gasteiger partial charge in [-0.25, -0.2) is 13.2 Å². The molecule has 162 valence electrons. The SMILES string of the molecule is CC(C)C[C@H](NC(=O)CN(C)CC(=O)Nc1ccc(F)c(F)c1F)c1ccccc1. The molecule has 2 amide bonds. The molecule has 0 saturated carbocycles. The van der Waals surface area contributed by atoms with Gasteiger partial charge in [0.05, 0.1) is 24.8 Å². The number of hydrogen-bond donors (Lipinski definition) is 2. The maximum absolute atomic E-state index is 13.7. The van der Waals surface area contributed by atoms with Crippen LogP contribution in [0.25, 0.3) is 0 Å². The second-order valence-corrected chi connectivity index (χ2v) is 7.60. The van der Waals surface area contributed by atoms with E-state index >= 15 is 0 Å². The van der Waals surface area contributed by atoms with E-state index in [1.165, 1.54) is 4.90 Å². The Labute approximate surface area is 174 Å². The third-order valence-electron chi connectivity index (χ3n) is 4.38. The Morgan fingerprint density at radius 2 is 1.57 bits per heavy atom. The van der Waals surface area contributed by atoms with Gasteiger partial charge in [0.1, 0.15) is 0 Å². The molecule has 30 heavy (non-hydrogen) atoms. The number of carbonyl (C=O) groups excluding carboxylic acids is 2. The van der Waals surface area contributed by atoms with Crippen LogP contribution in [0.3, 0.4) is 0 Å². The number of benzene rings is 2. The fourth-order valence-corrected chi connectivity index (χ4v) is 3.03. The number of nitrogens with one attached hydrogen (secondary N) is 2. The number of anilines is 1. The van der Waals surface area contributed by atoms with Crippen LogP contribution in [0.1, 0.15) is 31.9 Å². The molecule has 0 aliphatic rings. The van der Waals surface area contributed by atoms with Gasteiger partial charge >= 0.3 is 0 Å². The lowest BCUT2D eigenvalue weighted by atomic mass is 9.97. The molecule has 5 nitrogen and oxygen atoms in total. The number of nitrogens with zero attached hydrogens (tertiary/aromatic N) is 1. The first-order valence-corrected chi connectivity index (χ1v) is 9.63. The van der Waals surface area contributed by atoms with E-state index in [4.69, 9.17) is 0 Å². The van der Waals surface area contributed by atoms with Crippen LogP contribution in [0.5, 0.6) is 0 Å². The van der Waals surface area contributed by atoms with E-state index in [2.05, 4.69) is 24.5 Å². The van der Waals surface area contributed by atoms with Gasteiger partial charge < -0.3 is 10.6 Å². The van der Waals surface area contributed by atoms with Crippen molar-refractivity contribution in [3.8, 4) is 0 Å². The molecule has 0 fully saturated rings. The highest BCUT2D eigenvalue weighted by Gasteiger charge is 2.19. The van der Waals surface area contributed by atoms with Crippen molar-refractivity contribution in [1.29, 1.82) is 0 Å². The summed E-state index contributed by atoms with van der Waals surface area (Å²) in [5.74, 6) is -5.02. The third-order valence-corrected chi connectivity index (χ3v) is 4.38. The highest BCUT2D eigenvalue weighted by atomic mass is 19.2. The average Bonchev–Trinajstić information content (AvgIpc) is 2.68. The Morgan fingerprint density at radius 1 is 0.933 bits per heavy atom. The number of rotatable bonds is 9. The first kappa shape index (κ1) is 23.4. The quantitative estimate of drug-likeness (QED) is 0.604. The highest BCUT2D eigenvalue weighted by Crippen LogP contribution is 2.21. The maximum Gasteiger partial charge on any atom is 0.238 e. The lowest BCUT2D eigenvalue weighted by Crippen LogP contribution is -2.40. The van der Waals surface area contributed by atoms with E-state index in [0.717, 1.165) is 24.1 Å². The molecule has 0 bridgehead atoms. The molecule has 0 unspecified atom stereocenters. The molecule has 0 aliphatic carbocycles. The first-order valence-electron chi connectivity index (χ1n) is 9.63. The molecule has 0 aliphatic heterocycles. The monoisotopic (exact) mass is 421 g/mol. The van der Waals surface area contributed by atoms with Crippen LogP contribution in [0.15, 0.2) is 42.5 Å². The number of carbonyl (C=O) groups is 2. The van der Waals surface area contributed by atoms with Gasteiger partial charge in [0.2, 0.25) is 11.8 Å². The van der Waals surface area contributed by atoms with Crippen LogP contribution < -0.4 is 10.6 Å². The Hall–Kier alpha value is -2.87.